The number of nitro benzene ring substituents is 1. The number of ether oxygens (including phenoxy) is 1. The highest BCUT2D eigenvalue weighted by Gasteiger charge is 2.28. The number of nitrogens with zero attached hydrogens (tertiary/aromatic N) is 1. The van der Waals surface area contributed by atoms with Gasteiger partial charge in [-0.05, 0) is 37.4 Å². The highest BCUT2D eigenvalue weighted by Crippen LogP contribution is 2.29. The van der Waals surface area contributed by atoms with E-state index in [0.717, 1.165) is 19.4 Å². The summed E-state index contributed by atoms with van der Waals surface area (Å²) < 4.78 is 4.97. The van der Waals surface area contributed by atoms with Gasteiger partial charge in [0.1, 0.15) is 11.4 Å². The highest BCUT2D eigenvalue weighted by atomic mass is 16.6. The lowest BCUT2D eigenvalue weighted by Gasteiger charge is -2.28. The topological polar surface area (TPSA) is 93.5 Å². The van der Waals surface area contributed by atoms with Crippen molar-refractivity contribution < 1.29 is 14.5 Å². The molecule has 2 atom stereocenters. The van der Waals surface area contributed by atoms with Crippen molar-refractivity contribution in [1.82, 2.24) is 5.32 Å². The van der Waals surface area contributed by atoms with Crippen LogP contribution in [0.4, 0.5) is 11.4 Å². The van der Waals surface area contributed by atoms with Crippen LogP contribution in [0.3, 0.4) is 0 Å². The molecule has 1 aromatic rings. The number of benzene rings is 1. The average molecular weight is 293 g/mol. The Hall–Kier alpha value is -2.15. The van der Waals surface area contributed by atoms with Crippen molar-refractivity contribution >= 4 is 17.3 Å². The van der Waals surface area contributed by atoms with E-state index in [4.69, 9.17) is 4.74 Å². The van der Waals surface area contributed by atoms with Crippen LogP contribution in [-0.4, -0.2) is 30.5 Å². The van der Waals surface area contributed by atoms with Gasteiger partial charge in [0.2, 0.25) is 5.91 Å². The predicted molar refractivity (Wildman–Crippen MR) is 78.5 cm³/mol. The maximum absolute atomic E-state index is 12.3. The van der Waals surface area contributed by atoms with Crippen molar-refractivity contribution in [2.45, 2.75) is 25.8 Å². The van der Waals surface area contributed by atoms with Crippen LogP contribution >= 0.6 is 0 Å². The van der Waals surface area contributed by atoms with Crippen LogP contribution in [0.1, 0.15) is 19.8 Å². The Kier molecular flexibility index (Phi) is 4.74. The number of hydrogen-bond donors (Lipinski definition) is 2. The molecule has 7 heteroatoms. The molecule has 7 nitrogen and oxygen atoms in total. The molecule has 0 radical (unpaired) electrons. The molecule has 1 aliphatic rings. The molecule has 1 heterocycles. The number of methoxy groups -OCH3 is 1. The number of anilines is 1. The lowest BCUT2D eigenvalue weighted by Crippen LogP contribution is -2.48. The molecular formula is C14H19N3O4. The molecule has 1 amide bonds. The summed E-state index contributed by atoms with van der Waals surface area (Å²) in [7, 11) is 1.44. The fraction of sp³-hybridized carbons (Fsp3) is 0.500. The second kappa shape index (κ2) is 6.53. The summed E-state index contributed by atoms with van der Waals surface area (Å²) >= 11 is 0. The van der Waals surface area contributed by atoms with Crippen LogP contribution in [0, 0.1) is 16.0 Å². The average Bonchev–Trinajstić information content (AvgIpc) is 2.47. The molecule has 0 aromatic heterocycles. The minimum atomic E-state index is -0.532. The SMILES string of the molecule is COc1ccc(NC(=O)C2NCCCC2C)c([N+](=O)[O-])c1. The summed E-state index contributed by atoms with van der Waals surface area (Å²) in [6.45, 7) is 2.78. The molecule has 0 aliphatic carbocycles. The molecule has 114 valence electrons. The molecule has 1 aliphatic heterocycles. The van der Waals surface area contributed by atoms with Crippen molar-refractivity contribution in [2.24, 2.45) is 5.92 Å². The first-order valence-electron chi connectivity index (χ1n) is 6.89. The molecule has 2 rings (SSSR count). The molecule has 2 N–H and O–H groups in total. The number of nitro groups is 1. The van der Waals surface area contributed by atoms with Gasteiger partial charge in [0.25, 0.3) is 5.69 Å². The zero-order valence-corrected chi connectivity index (χ0v) is 12.1. The normalized spacial score (nSPS) is 21.6. The zero-order valence-electron chi connectivity index (χ0n) is 12.1. The number of piperidine rings is 1. The zero-order chi connectivity index (χ0) is 15.4. The molecule has 0 spiro atoms. The number of rotatable bonds is 4. The minimum Gasteiger partial charge on any atom is -0.496 e. The molecule has 1 aromatic carbocycles. The van der Waals surface area contributed by atoms with Gasteiger partial charge < -0.3 is 15.4 Å². The highest BCUT2D eigenvalue weighted by molar-refractivity contribution is 5.97. The summed E-state index contributed by atoms with van der Waals surface area (Å²) in [5.74, 6) is 0.343. The van der Waals surface area contributed by atoms with Crippen molar-refractivity contribution in [1.29, 1.82) is 0 Å². The standard InChI is InChI=1S/C14H19N3O4/c1-9-4-3-7-15-13(9)14(18)16-11-6-5-10(21-2)8-12(11)17(19)20/h5-6,8-9,13,15H,3-4,7H2,1-2H3,(H,16,18). The lowest BCUT2D eigenvalue weighted by atomic mass is 9.92. The fourth-order valence-electron chi connectivity index (χ4n) is 2.51. The quantitative estimate of drug-likeness (QED) is 0.653. The Balaban J connectivity index is 2.18. The van der Waals surface area contributed by atoms with E-state index < -0.39 is 4.92 Å². The van der Waals surface area contributed by atoms with E-state index in [2.05, 4.69) is 10.6 Å². The van der Waals surface area contributed by atoms with Crippen LogP contribution in [0.5, 0.6) is 5.75 Å². The monoisotopic (exact) mass is 293 g/mol. The van der Waals surface area contributed by atoms with Gasteiger partial charge in [-0.25, -0.2) is 0 Å². The molecule has 21 heavy (non-hydrogen) atoms. The predicted octanol–water partition coefficient (Wildman–Crippen LogP) is 1.93. The Morgan fingerprint density at radius 1 is 1.52 bits per heavy atom. The Morgan fingerprint density at radius 3 is 2.90 bits per heavy atom. The van der Waals surface area contributed by atoms with Gasteiger partial charge in [0.05, 0.1) is 24.1 Å². The van der Waals surface area contributed by atoms with Crippen molar-refractivity contribution in [3.8, 4) is 5.75 Å². The van der Waals surface area contributed by atoms with E-state index >= 15 is 0 Å². The lowest BCUT2D eigenvalue weighted by molar-refractivity contribution is -0.384. The van der Waals surface area contributed by atoms with Gasteiger partial charge in [-0.1, -0.05) is 6.92 Å². The van der Waals surface area contributed by atoms with E-state index in [9.17, 15) is 14.9 Å². The first-order valence-corrected chi connectivity index (χ1v) is 6.89. The van der Waals surface area contributed by atoms with Crippen LogP contribution in [0.2, 0.25) is 0 Å². The largest absolute Gasteiger partial charge is 0.496 e. The molecule has 0 saturated carbocycles. The first-order chi connectivity index (χ1) is 10.0. The van der Waals surface area contributed by atoms with Crippen molar-refractivity contribution in [2.75, 3.05) is 19.0 Å². The molecule has 1 fully saturated rings. The third-order valence-electron chi connectivity index (χ3n) is 3.71. The van der Waals surface area contributed by atoms with Crippen molar-refractivity contribution in [3.05, 3.63) is 28.3 Å². The van der Waals surface area contributed by atoms with Gasteiger partial charge >= 0.3 is 0 Å². The smallest absolute Gasteiger partial charge is 0.296 e. The minimum absolute atomic E-state index is 0.175. The third-order valence-corrected chi connectivity index (χ3v) is 3.71. The molecule has 0 bridgehead atoms. The van der Waals surface area contributed by atoms with Gasteiger partial charge in [-0.3, -0.25) is 14.9 Å². The van der Waals surface area contributed by atoms with E-state index in [0.29, 0.717) is 5.75 Å². The summed E-state index contributed by atoms with van der Waals surface area (Å²) in [5.41, 5.74) is 0.0107. The maximum Gasteiger partial charge on any atom is 0.296 e. The molecule has 1 saturated heterocycles. The molecular weight excluding hydrogens is 274 g/mol. The summed E-state index contributed by atoms with van der Waals surface area (Å²) in [4.78, 5) is 22.8. The van der Waals surface area contributed by atoms with Gasteiger partial charge in [-0.15, -0.1) is 0 Å². The third kappa shape index (κ3) is 3.49. The number of nitrogens with one attached hydrogen (secondary N) is 2. The summed E-state index contributed by atoms with van der Waals surface area (Å²) in [6.07, 6.45) is 2.00. The number of carbonyl (C=O) groups is 1. The van der Waals surface area contributed by atoms with E-state index in [1.807, 2.05) is 6.92 Å². The van der Waals surface area contributed by atoms with Crippen LogP contribution in [0.25, 0.3) is 0 Å². The van der Waals surface area contributed by atoms with E-state index in [-0.39, 0.29) is 29.2 Å². The Morgan fingerprint density at radius 2 is 2.29 bits per heavy atom. The number of amides is 1. The second-order valence-electron chi connectivity index (χ2n) is 5.18. The van der Waals surface area contributed by atoms with Crippen molar-refractivity contribution in [3.63, 3.8) is 0 Å². The van der Waals surface area contributed by atoms with Crippen LogP contribution in [-0.2, 0) is 4.79 Å². The fourth-order valence-corrected chi connectivity index (χ4v) is 2.51. The summed E-state index contributed by atoms with van der Waals surface area (Å²) in [6, 6.07) is 4.05. The Bertz CT molecular complexity index is 547. The van der Waals surface area contributed by atoms with Gasteiger partial charge in [0.15, 0.2) is 0 Å². The van der Waals surface area contributed by atoms with E-state index in [1.165, 1.54) is 19.2 Å². The second-order valence-corrected chi connectivity index (χ2v) is 5.18. The number of carbonyl (C=O) groups excluding carboxylic acids is 1. The van der Waals surface area contributed by atoms with E-state index in [1.54, 1.807) is 6.07 Å². The molecule has 2 unspecified atom stereocenters. The van der Waals surface area contributed by atoms with Gasteiger partial charge in [-0.2, -0.15) is 0 Å². The summed E-state index contributed by atoms with van der Waals surface area (Å²) in [5, 5.41) is 16.9. The first kappa shape index (κ1) is 15.2. The Labute approximate surface area is 122 Å². The number of hydrogen-bond acceptors (Lipinski definition) is 5. The maximum atomic E-state index is 12.3. The van der Waals surface area contributed by atoms with Crippen LogP contribution in [0.15, 0.2) is 18.2 Å². The van der Waals surface area contributed by atoms with Gasteiger partial charge in [0, 0.05) is 0 Å². The van der Waals surface area contributed by atoms with Crippen LogP contribution < -0.4 is 15.4 Å².